The normalized spacial score (nSPS) is 19.7. The number of ether oxygens (including phenoxy) is 2. The van der Waals surface area contributed by atoms with E-state index < -0.39 is 6.04 Å². The maximum Gasteiger partial charge on any atom is 0.330 e. The van der Waals surface area contributed by atoms with Gasteiger partial charge >= 0.3 is 5.97 Å². The molecule has 2 rings (SSSR count). The Morgan fingerprint density at radius 1 is 1.61 bits per heavy atom. The molecule has 1 fully saturated rings. The van der Waals surface area contributed by atoms with Gasteiger partial charge in [-0.2, -0.15) is 0 Å². The van der Waals surface area contributed by atoms with Gasteiger partial charge in [0.1, 0.15) is 5.82 Å². The molecule has 2 heterocycles. The van der Waals surface area contributed by atoms with Gasteiger partial charge in [0.25, 0.3) is 0 Å². The quantitative estimate of drug-likeness (QED) is 0.764. The van der Waals surface area contributed by atoms with Crippen LogP contribution in [0.2, 0.25) is 0 Å². The fourth-order valence-corrected chi connectivity index (χ4v) is 1.93. The number of anilines is 2. The molecule has 1 aliphatic rings. The molecule has 1 atom stereocenters. The van der Waals surface area contributed by atoms with Crippen molar-refractivity contribution in [1.29, 1.82) is 0 Å². The van der Waals surface area contributed by atoms with Crippen LogP contribution in [-0.4, -0.2) is 43.9 Å². The number of rotatable bonds is 2. The minimum Gasteiger partial charge on any atom is -0.467 e. The highest BCUT2D eigenvalue weighted by Crippen LogP contribution is 2.20. The van der Waals surface area contributed by atoms with E-state index in [0.29, 0.717) is 25.4 Å². The monoisotopic (exact) mass is 251 g/mol. The molecule has 1 unspecified atom stereocenters. The molecule has 0 amide bonds. The summed E-state index contributed by atoms with van der Waals surface area (Å²) in [6, 6.07) is 3.16. The Hall–Kier alpha value is -1.82. The zero-order valence-corrected chi connectivity index (χ0v) is 10.5. The summed E-state index contributed by atoms with van der Waals surface area (Å²) in [5.74, 6) is 0.409. The van der Waals surface area contributed by atoms with Crippen LogP contribution in [0.15, 0.2) is 12.1 Å². The lowest BCUT2D eigenvalue weighted by Crippen LogP contribution is -2.51. The molecule has 0 bridgehead atoms. The predicted octanol–water partition coefficient (Wildman–Crippen LogP) is 0.350. The molecule has 18 heavy (non-hydrogen) atoms. The second-order valence-corrected chi connectivity index (χ2v) is 4.15. The van der Waals surface area contributed by atoms with Crippen molar-refractivity contribution in [2.24, 2.45) is 0 Å². The topological polar surface area (TPSA) is 77.7 Å². The average Bonchev–Trinajstić information content (AvgIpc) is 2.41. The Morgan fingerprint density at radius 2 is 2.39 bits per heavy atom. The van der Waals surface area contributed by atoms with Crippen molar-refractivity contribution in [2.75, 3.05) is 37.5 Å². The van der Waals surface area contributed by atoms with Crippen LogP contribution in [0.5, 0.6) is 0 Å². The molecule has 6 heteroatoms. The summed E-state index contributed by atoms with van der Waals surface area (Å²) in [7, 11) is 1.37. The number of esters is 1. The largest absolute Gasteiger partial charge is 0.467 e. The molecule has 0 aliphatic carbocycles. The fraction of sp³-hybridized carbons (Fsp3) is 0.500. The number of morpholine rings is 1. The molecule has 1 aromatic heterocycles. The third kappa shape index (κ3) is 2.38. The van der Waals surface area contributed by atoms with Gasteiger partial charge in [-0.25, -0.2) is 9.78 Å². The highest BCUT2D eigenvalue weighted by molar-refractivity contribution is 5.80. The lowest BCUT2D eigenvalue weighted by Gasteiger charge is -2.34. The van der Waals surface area contributed by atoms with E-state index in [1.807, 2.05) is 17.9 Å². The molecule has 1 aliphatic heterocycles. The van der Waals surface area contributed by atoms with Crippen molar-refractivity contribution in [1.82, 2.24) is 4.98 Å². The van der Waals surface area contributed by atoms with Crippen LogP contribution in [0.1, 0.15) is 5.69 Å². The standard InChI is InChI=1S/C12H17N3O3/c1-8-9(13)3-4-11(14-8)15-5-6-18-7-10(15)12(16)17-2/h3-4,10H,5-7,13H2,1-2H3. The number of nitrogen functional groups attached to an aromatic ring is 1. The van der Waals surface area contributed by atoms with Crippen LogP contribution in [-0.2, 0) is 14.3 Å². The van der Waals surface area contributed by atoms with E-state index >= 15 is 0 Å². The molecule has 0 radical (unpaired) electrons. The lowest BCUT2D eigenvalue weighted by molar-refractivity contribution is -0.144. The van der Waals surface area contributed by atoms with Crippen molar-refractivity contribution < 1.29 is 14.3 Å². The van der Waals surface area contributed by atoms with Crippen LogP contribution in [0.25, 0.3) is 0 Å². The van der Waals surface area contributed by atoms with Crippen molar-refractivity contribution >= 4 is 17.5 Å². The molecule has 98 valence electrons. The number of aromatic nitrogens is 1. The van der Waals surface area contributed by atoms with Crippen LogP contribution in [0.4, 0.5) is 11.5 Å². The maximum atomic E-state index is 11.7. The molecular weight excluding hydrogens is 234 g/mol. The third-order valence-electron chi connectivity index (χ3n) is 3.01. The Kier molecular flexibility index (Phi) is 3.66. The highest BCUT2D eigenvalue weighted by Gasteiger charge is 2.31. The number of aryl methyl sites for hydroxylation is 1. The Balaban J connectivity index is 2.27. The molecule has 0 aromatic carbocycles. The molecular formula is C12H17N3O3. The summed E-state index contributed by atoms with van der Waals surface area (Å²) in [4.78, 5) is 18.0. The van der Waals surface area contributed by atoms with Gasteiger partial charge in [0.15, 0.2) is 6.04 Å². The first kappa shape index (κ1) is 12.6. The van der Waals surface area contributed by atoms with Gasteiger partial charge in [0.2, 0.25) is 0 Å². The summed E-state index contributed by atoms with van der Waals surface area (Å²) in [6.07, 6.45) is 0. The van der Waals surface area contributed by atoms with Crippen molar-refractivity contribution in [3.8, 4) is 0 Å². The summed E-state index contributed by atoms with van der Waals surface area (Å²) >= 11 is 0. The summed E-state index contributed by atoms with van der Waals surface area (Å²) < 4.78 is 10.1. The average molecular weight is 251 g/mol. The maximum absolute atomic E-state index is 11.7. The van der Waals surface area contributed by atoms with E-state index in [9.17, 15) is 4.79 Å². The summed E-state index contributed by atoms with van der Waals surface area (Å²) in [5, 5.41) is 0. The molecule has 0 spiro atoms. The smallest absolute Gasteiger partial charge is 0.330 e. The second-order valence-electron chi connectivity index (χ2n) is 4.15. The minimum atomic E-state index is -0.445. The first-order valence-corrected chi connectivity index (χ1v) is 5.79. The van der Waals surface area contributed by atoms with E-state index in [4.69, 9.17) is 15.2 Å². The Bertz CT molecular complexity index is 450. The zero-order chi connectivity index (χ0) is 13.1. The Labute approximate surface area is 106 Å². The van der Waals surface area contributed by atoms with Crippen molar-refractivity contribution in [3.63, 3.8) is 0 Å². The van der Waals surface area contributed by atoms with Crippen LogP contribution >= 0.6 is 0 Å². The van der Waals surface area contributed by atoms with E-state index in [-0.39, 0.29) is 5.97 Å². The van der Waals surface area contributed by atoms with Gasteiger partial charge < -0.3 is 20.1 Å². The Morgan fingerprint density at radius 3 is 3.06 bits per heavy atom. The molecule has 0 saturated carbocycles. The number of hydrogen-bond donors (Lipinski definition) is 1. The number of methoxy groups -OCH3 is 1. The van der Waals surface area contributed by atoms with Gasteiger partial charge in [-0.3, -0.25) is 0 Å². The van der Waals surface area contributed by atoms with E-state index in [0.717, 1.165) is 11.5 Å². The van der Waals surface area contributed by atoms with Crippen molar-refractivity contribution in [2.45, 2.75) is 13.0 Å². The van der Waals surface area contributed by atoms with Crippen LogP contribution in [0, 0.1) is 6.92 Å². The number of pyridine rings is 1. The van der Waals surface area contributed by atoms with Gasteiger partial charge in [0.05, 0.1) is 31.7 Å². The number of carbonyl (C=O) groups excluding carboxylic acids is 1. The molecule has 2 N–H and O–H groups in total. The first-order chi connectivity index (χ1) is 8.63. The summed E-state index contributed by atoms with van der Waals surface area (Å²) in [6.45, 7) is 3.33. The number of hydrogen-bond acceptors (Lipinski definition) is 6. The van der Waals surface area contributed by atoms with Gasteiger partial charge in [-0.15, -0.1) is 0 Å². The van der Waals surface area contributed by atoms with E-state index in [2.05, 4.69) is 4.98 Å². The first-order valence-electron chi connectivity index (χ1n) is 5.79. The second kappa shape index (κ2) is 5.22. The lowest BCUT2D eigenvalue weighted by atomic mass is 10.2. The highest BCUT2D eigenvalue weighted by atomic mass is 16.5. The fourth-order valence-electron chi connectivity index (χ4n) is 1.93. The number of nitrogens with zero attached hydrogens (tertiary/aromatic N) is 2. The van der Waals surface area contributed by atoms with E-state index in [1.54, 1.807) is 6.07 Å². The predicted molar refractivity (Wildman–Crippen MR) is 67.4 cm³/mol. The van der Waals surface area contributed by atoms with Gasteiger partial charge in [-0.05, 0) is 19.1 Å². The van der Waals surface area contributed by atoms with Gasteiger partial charge in [0, 0.05) is 6.54 Å². The van der Waals surface area contributed by atoms with Crippen LogP contribution in [0.3, 0.4) is 0 Å². The molecule has 1 aromatic rings. The minimum absolute atomic E-state index is 0.314. The zero-order valence-electron chi connectivity index (χ0n) is 10.5. The molecule has 1 saturated heterocycles. The number of nitrogens with two attached hydrogens (primary N) is 1. The number of carbonyl (C=O) groups is 1. The van der Waals surface area contributed by atoms with E-state index in [1.165, 1.54) is 7.11 Å². The van der Waals surface area contributed by atoms with Crippen molar-refractivity contribution in [3.05, 3.63) is 17.8 Å². The van der Waals surface area contributed by atoms with Crippen LogP contribution < -0.4 is 10.6 Å². The molecule has 6 nitrogen and oxygen atoms in total. The third-order valence-corrected chi connectivity index (χ3v) is 3.01. The van der Waals surface area contributed by atoms with Gasteiger partial charge in [-0.1, -0.05) is 0 Å². The summed E-state index contributed by atoms with van der Waals surface area (Å²) in [5.41, 5.74) is 7.13. The SMILES string of the molecule is COC(=O)C1COCCN1c1ccc(N)c(C)n1.